The van der Waals surface area contributed by atoms with Gasteiger partial charge in [-0.2, -0.15) is 0 Å². The third-order valence-corrected chi connectivity index (χ3v) is 4.64. The summed E-state index contributed by atoms with van der Waals surface area (Å²) in [6, 6.07) is 0.341. The van der Waals surface area contributed by atoms with Crippen molar-refractivity contribution in [3.8, 4) is 0 Å². The van der Waals surface area contributed by atoms with Crippen LogP contribution in [0.15, 0.2) is 0 Å². The average molecular weight is 291 g/mol. The van der Waals surface area contributed by atoms with Crippen LogP contribution in [0.25, 0.3) is 0 Å². The van der Waals surface area contributed by atoms with Gasteiger partial charge in [-0.1, -0.05) is 19.8 Å². The molecule has 19 heavy (non-hydrogen) atoms. The number of ether oxygens (including phenoxy) is 1. The highest BCUT2D eigenvalue weighted by Gasteiger charge is 2.41. The lowest BCUT2D eigenvalue weighted by Crippen LogP contribution is -2.57. The zero-order valence-electron chi connectivity index (χ0n) is 12.0. The molecule has 1 saturated heterocycles. The molecule has 1 amide bonds. The highest BCUT2D eigenvalue weighted by atomic mass is 35.5. The van der Waals surface area contributed by atoms with Crippen molar-refractivity contribution < 1.29 is 9.53 Å². The minimum absolute atomic E-state index is 0. The van der Waals surface area contributed by atoms with Crippen LogP contribution >= 0.6 is 12.4 Å². The standard InChI is InChI=1S/C14H26N2O2.ClH/c1-11-5-3-4-6-12(11)16-13(17)14(18-2)7-9-15-10-8-14;/h11-12,15H,3-10H2,1-2H3,(H,16,17);1H. The fourth-order valence-electron chi connectivity index (χ4n) is 3.19. The predicted molar refractivity (Wildman–Crippen MR) is 78.7 cm³/mol. The second-order valence-electron chi connectivity index (χ2n) is 5.79. The van der Waals surface area contributed by atoms with Crippen LogP contribution in [-0.4, -0.2) is 37.7 Å². The first-order chi connectivity index (χ1) is 8.68. The molecule has 0 spiro atoms. The number of carbonyl (C=O) groups is 1. The molecule has 0 radical (unpaired) electrons. The van der Waals surface area contributed by atoms with Gasteiger partial charge in [-0.15, -0.1) is 12.4 Å². The molecule has 2 rings (SSSR count). The lowest BCUT2D eigenvalue weighted by Gasteiger charge is -2.38. The van der Waals surface area contributed by atoms with E-state index in [9.17, 15) is 4.79 Å². The number of methoxy groups -OCH3 is 1. The maximum Gasteiger partial charge on any atom is 0.252 e. The van der Waals surface area contributed by atoms with E-state index in [0.717, 1.165) is 32.4 Å². The summed E-state index contributed by atoms with van der Waals surface area (Å²) < 4.78 is 5.57. The van der Waals surface area contributed by atoms with E-state index in [4.69, 9.17) is 4.74 Å². The topological polar surface area (TPSA) is 50.4 Å². The average Bonchev–Trinajstić information content (AvgIpc) is 2.42. The van der Waals surface area contributed by atoms with Gasteiger partial charge >= 0.3 is 0 Å². The minimum atomic E-state index is -0.595. The Morgan fingerprint density at radius 1 is 1.26 bits per heavy atom. The van der Waals surface area contributed by atoms with Gasteiger partial charge in [-0.3, -0.25) is 4.79 Å². The van der Waals surface area contributed by atoms with Gasteiger partial charge in [0.15, 0.2) is 0 Å². The Hall–Kier alpha value is -0.320. The fourth-order valence-corrected chi connectivity index (χ4v) is 3.19. The van der Waals surface area contributed by atoms with Crippen molar-refractivity contribution >= 4 is 18.3 Å². The maximum absolute atomic E-state index is 12.5. The second kappa shape index (κ2) is 7.46. The summed E-state index contributed by atoms with van der Waals surface area (Å²) in [5, 5.41) is 6.52. The predicted octanol–water partition coefficient (Wildman–Crippen LogP) is 1.87. The van der Waals surface area contributed by atoms with Crippen molar-refractivity contribution in [2.45, 2.75) is 57.1 Å². The van der Waals surface area contributed by atoms with Gasteiger partial charge in [0, 0.05) is 13.2 Å². The molecular weight excluding hydrogens is 264 g/mol. The number of hydrogen-bond acceptors (Lipinski definition) is 3. The quantitative estimate of drug-likeness (QED) is 0.834. The van der Waals surface area contributed by atoms with Gasteiger partial charge in [-0.05, 0) is 44.7 Å². The molecule has 1 aliphatic heterocycles. The molecule has 1 saturated carbocycles. The molecule has 4 nitrogen and oxygen atoms in total. The van der Waals surface area contributed by atoms with Gasteiger partial charge in [0.1, 0.15) is 5.60 Å². The van der Waals surface area contributed by atoms with E-state index < -0.39 is 5.60 Å². The molecule has 2 N–H and O–H groups in total. The van der Waals surface area contributed by atoms with Crippen LogP contribution in [0, 0.1) is 5.92 Å². The van der Waals surface area contributed by atoms with Gasteiger partial charge in [0.25, 0.3) is 5.91 Å². The molecule has 2 fully saturated rings. The Morgan fingerprint density at radius 3 is 2.47 bits per heavy atom. The number of nitrogens with one attached hydrogen (secondary N) is 2. The molecule has 2 atom stereocenters. The molecule has 0 aromatic heterocycles. The van der Waals surface area contributed by atoms with E-state index in [1.165, 1.54) is 19.3 Å². The molecule has 2 unspecified atom stereocenters. The Kier molecular flexibility index (Phi) is 6.57. The number of halogens is 1. The third-order valence-electron chi connectivity index (χ3n) is 4.64. The van der Waals surface area contributed by atoms with Crippen LogP contribution < -0.4 is 10.6 Å². The number of rotatable bonds is 3. The number of carbonyl (C=O) groups excluding carboxylic acids is 1. The van der Waals surface area contributed by atoms with E-state index in [-0.39, 0.29) is 18.3 Å². The third kappa shape index (κ3) is 3.83. The highest BCUT2D eigenvalue weighted by Crippen LogP contribution is 2.27. The van der Waals surface area contributed by atoms with Crippen molar-refractivity contribution in [2.75, 3.05) is 20.2 Å². The summed E-state index contributed by atoms with van der Waals surface area (Å²) in [6.45, 7) is 3.97. The van der Waals surface area contributed by atoms with Crippen LogP contribution in [0.5, 0.6) is 0 Å². The number of hydrogen-bond donors (Lipinski definition) is 2. The Labute approximate surface area is 122 Å². The highest BCUT2D eigenvalue weighted by molar-refractivity contribution is 5.86. The smallest absolute Gasteiger partial charge is 0.252 e. The summed E-state index contributed by atoms with van der Waals surface area (Å²) in [7, 11) is 1.66. The Morgan fingerprint density at radius 2 is 1.89 bits per heavy atom. The molecule has 112 valence electrons. The van der Waals surface area contributed by atoms with Crippen molar-refractivity contribution in [3.05, 3.63) is 0 Å². The zero-order valence-corrected chi connectivity index (χ0v) is 12.9. The fraction of sp³-hybridized carbons (Fsp3) is 0.929. The molecular formula is C14H27ClN2O2. The van der Waals surface area contributed by atoms with E-state index in [1.807, 2.05) is 0 Å². The minimum Gasteiger partial charge on any atom is -0.368 e. The summed E-state index contributed by atoms with van der Waals surface area (Å²) in [5.74, 6) is 0.698. The lowest BCUT2D eigenvalue weighted by atomic mass is 9.84. The van der Waals surface area contributed by atoms with Crippen molar-refractivity contribution in [1.82, 2.24) is 10.6 Å². The molecule has 5 heteroatoms. The van der Waals surface area contributed by atoms with Gasteiger partial charge in [-0.25, -0.2) is 0 Å². The van der Waals surface area contributed by atoms with Crippen molar-refractivity contribution in [2.24, 2.45) is 5.92 Å². The second-order valence-corrected chi connectivity index (χ2v) is 5.79. The first-order valence-electron chi connectivity index (χ1n) is 7.25. The Bertz CT molecular complexity index is 293. The first kappa shape index (κ1) is 16.7. The van der Waals surface area contributed by atoms with Gasteiger partial charge < -0.3 is 15.4 Å². The molecule has 1 aliphatic carbocycles. The molecule has 0 aromatic carbocycles. The van der Waals surface area contributed by atoms with E-state index >= 15 is 0 Å². The molecule has 0 bridgehead atoms. The van der Waals surface area contributed by atoms with Gasteiger partial charge in [0.2, 0.25) is 0 Å². The Balaban J connectivity index is 0.00000180. The van der Waals surface area contributed by atoms with E-state index in [2.05, 4.69) is 17.6 Å². The zero-order chi connectivity index (χ0) is 13.0. The van der Waals surface area contributed by atoms with Crippen LogP contribution in [0.4, 0.5) is 0 Å². The van der Waals surface area contributed by atoms with E-state index in [1.54, 1.807) is 7.11 Å². The monoisotopic (exact) mass is 290 g/mol. The van der Waals surface area contributed by atoms with Crippen molar-refractivity contribution in [3.63, 3.8) is 0 Å². The summed E-state index contributed by atoms with van der Waals surface area (Å²) in [4.78, 5) is 12.5. The number of piperidine rings is 1. The molecule has 0 aromatic rings. The SMILES string of the molecule is COC1(C(=O)NC2CCCCC2C)CCNCC1.Cl. The molecule has 2 aliphatic rings. The van der Waals surface area contributed by atoms with E-state index in [0.29, 0.717) is 12.0 Å². The number of amides is 1. The normalized spacial score (nSPS) is 30.2. The van der Waals surface area contributed by atoms with Gasteiger partial charge in [0.05, 0.1) is 0 Å². The van der Waals surface area contributed by atoms with Crippen LogP contribution in [0.2, 0.25) is 0 Å². The van der Waals surface area contributed by atoms with Crippen LogP contribution in [-0.2, 0) is 9.53 Å². The largest absolute Gasteiger partial charge is 0.368 e. The first-order valence-corrected chi connectivity index (χ1v) is 7.25. The van der Waals surface area contributed by atoms with Crippen LogP contribution in [0.3, 0.4) is 0 Å². The van der Waals surface area contributed by atoms with Crippen LogP contribution in [0.1, 0.15) is 45.4 Å². The lowest BCUT2D eigenvalue weighted by molar-refractivity contribution is -0.148. The molecule has 1 heterocycles. The van der Waals surface area contributed by atoms with Crippen molar-refractivity contribution in [1.29, 1.82) is 0 Å². The summed E-state index contributed by atoms with van der Waals surface area (Å²) in [5.41, 5.74) is -0.595. The summed E-state index contributed by atoms with van der Waals surface area (Å²) >= 11 is 0. The maximum atomic E-state index is 12.5. The summed E-state index contributed by atoms with van der Waals surface area (Å²) in [6.07, 6.45) is 6.42.